The third-order valence-corrected chi connectivity index (χ3v) is 4.19. The second-order valence-electron chi connectivity index (χ2n) is 5.52. The molecule has 0 spiro atoms. The van der Waals surface area contributed by atoms with Gasteiger partial charge in [0.1, 0.15) is 6.04 Å². The van der Waals surface area contributed by atoms with Gasteiger partial charge in [-0.2, -0.15) is 0 Å². The zero-order valence-corrected chi connectivity index (χ0v) is 11.5. The third-order valence-electron chi connectivity index (χ3n) is 4.19. The molecular weight excluding hydrogens is 262 g/mol. The van der Waals surface area contributed by atoms with Gasteiger partial charge in [-0.25, -0.2) is 9.59 Å². The molecule has 2 saturated heterocycles. The molecule has 2 rings (SSSR count). The molecule has 2 fully saturated rings. The number of carbonyl (C=O) groups is 2. The van der Waals surface area contributed by atoms with Crippen molar-refractivity contribution in [1.82, 2.24) is 15.5 Å². The van der Waals surface area contributed by atoms with E-state index in [1.165, 1.54) is 12.8 Å². The maximum absolute atomic E-state index is 11.9. The van der Waals surface area contributed by atoms with Gasteiger partial charge in [0.05, 0.1) is 0 Å². The Balaban J connectivity index is 1.83. The highest BCUT2D eigenvalue weighted by molar-refractivity contribution is 5.82. The van der Waals surface area contributed by atoms with Crippen LogP contribution in [-0.4, -0.2) is 64.9 Å². The maximum Gasteiger partial charge on any atom is 0.326 e. The fraction of sp³-hybridized carbons (Fsp3) is 0.846. The van der Waals surface area contributed by atoms with E-state index in [-0.39, 0.29) is 19.1 Å². The van der Waals surface area contributed by atoms with Gasteiger partial charge < -0.3 is 20.8 Å². The Morgan fingerprint density at radius 3 is 2.75 bits per heavy atom. The number of aliphatic hydroxyl groups is 1. The smallest absolute Gasteiger partial charge is 0.326 e. The van der Waals surface area contributed by atoms with Crippen molar-refractivity contribution in [2.45, 2.75) is 50.2 Å². The van der Waals surface area contributed by atoms with Crippen molar-refractivity contribution in [3.8, 4) is 0 Å². The summed E-state index contributed by atoms with van der Waals surface area (Å²) in [6, 6.07) is -1.01. The van der Waals surface area contributed by atoms with E-state index >= 15 is 0 Å². The van der Waals surface area contributed by atoms with E-state index in [4.69, 9.17) is 10.2 Å². The van der Waals surface area contributed by atoms with Gasteiger partial charge in [-0.15, -0.1) is 0 Å². The molecule has 2 amide bonds. The van der Waals surface area contributed by atoms with Crippen LogP contribution in [0.3, 0.4) is 0 Å². The molecule has 2 aliphatic heterocycles. The van der Waals surface area contributed by atoms with Crippen LogP contribution >= 0.6 is 0 Å². The number of nitrogens with zero attached hydrogens (tertiary/aromatic N) is 1. The van der Waals surface area contributed by atoms with Crippen molar-refractivity contribution in [3.63, 3.8) is 0 Å². The summed E-state index contributed by atoms with van der Waals surface area (Å²) in [6.45, 7) is 1.82. The molecule has 3 unspecified atom stereocenters. The molecule has 0 aromatic rings. The first-order chi connectivity index (χ1) is 9.61. The Morgan fingerprint density at radius 1 is 1.25 bits per heavy atom. The molecule has 7 nitrogen and oxygen atoms in total. The summed E-state index contributed by atoms with van der Waals surface area (Å²) in [7, 11) is 0. The van der Waals surface area contributed by atoms with Crippen molar-refractivity contribution in [2.24, 2.45) is 0 Å². The van der Waals surface area contributed by atoms with Gasteiger partial charge >= 0.3 is 12.0 Å². The van der Waals surface area contributed by atoms with Crippen LogP contribution in [0.4, 0.5) is 4.79 Å². The van der Waals surface area contributed by atoms with Crippen LogP contribution in [0.1, 0.15) is 32.1 Å². The molecule has 3 atom stereocenters. The van der Waals surface area contributed by atoms with Gasteiger partial charge in [0.2, 0.25) is 0 Å². The number of hydrogen-bond acceptors (Lipinski definition) is 4. The van der Waals surface area contributed by atoms with Crippen molar-refractivity contribution in [2.75, 3.05) is 19.7 Å². The SMILES string of the molecule is O=C(NC(CCO)C(=O)O)NC1CCN2CCCCC12. The second-order valence-corrected chi connectivity index (χ2v) is 5.52. The monoisotopic (exact) mass is 285 g/mol. The minimum Gasteiger partial charge on any atom is -0.480 e. The third kappa shape index (κ3) is 3.61. The standard InChI is InChI=1S/C13H23N3O4/c17-8-5-10(12(18)19)15-13(20)14-9-4-7-16-6-2-1-3-11(9)16/h9-11,17H,1-8H2,(H,18,19)(H2,14,15,20). The van der Waals surface area contributed by atoms with Crippen molar-refractivity contribution in [1.29, 1.82) is 0 Å². The molecule has 114 valence electrons. The maximum atomic E-state index is 11.9. The number of rotatable bonds is 5. The molecule has 0 bridgehead atoms. The first-order valence-electron chi connectivity index (χ1n) is 7.26. The molecule has 2 heterocycles. The van der Waals surface area contributed by atoms with Crippen LogP contribution in [-0.2, 0) is 4.79 Å². The number of hydrogen-bond donors (Lipinski definition) is 4. The summed E-state index contributed by atoms with van der Waals surface area (Å²) in [5, 5.41) is 23.0. The van der Waals surface area contributed by atoms with Gasteiger partial charge in [0.25, 0.3) is 0 Å². The van der Waals surface area contributed by atoms with Crippen LogP contribution in [0.15, 0.2) is 0 Å². The van der Waals surface area contributed by atoms with Gasteiger partial charge in [0.15, 0.2) is 0 Å². The van der Waals surface area contributed by atoms with Gasteiger partial charge in [0, 0.05) is 31.7 Å². The molecule has 0 aromatic carbocycles. The quantitative estimate of drug-likeness (QED) is 0.558. The summed E-state index contributed by atoms with van der Waals surface area (Å²) in [6.07, 6.45) is 4.42. The number of piperidine rings is 1. The number of carbonyl (C=O) groups excluding carboxylic acids is 1. The molecule has 0 radical (unpaired) electrons. The van der Waals surface area contributed by atoms with Crippen LogP contribution in [0.2, 0.25) is 0 Å². The number of amides is 2. The topological polar surface area (TPSA) is 102 Å². The number of carboxylic acid groups (broad SMARTS) is 1. The first-order valence-corrected chi connectivity index (χ1v) is 7.26. The predicted molar refractivity (Wildman–Crippen MR) is 72.4 cm³/mol. The number of aliphatic carboxylic acids is 1. The normalized spacial score (nSPS) is 27.6. The minimum atomic E-state index is -1.13. The van der Waals surface area contributed by atoms with Crippen LogP contribution in [0.5, 0.6) is 0 Å². The molecule has 20 heavy (non-hydrogen) atoms. The number of urea groups is 1. The zero-order valence-electron chi connectivity index (χ0n) is 11.5. The molecule has 0 saturated carbocycles. The Morgan fingerprint density at radius 2 is 2.05 bits per heavy atom. The average molecular weight is 285 g/mol. The summed E-state index contributed by atoms with van der Waals surface area (Å²) in [5.74, 6) is -1.13. The second kappa shape index (κ2) is 6.90. The fourth-order valence-corrected chi connectivity index (χ4v) is 3.17. The molecule has 0 aromatic heterocycles. The van der Waals surface area contributed by atoms with Crippen molar-refractivity contribution in [3.05, 3.63) is 0 Å². The van der Waals surface area contributed by atoms with Crippen molar-refractivity contribution < 1.29 is 19.8 Å². The van der Waals surface area contributed by atoms with Crippen LogP contribution < -0.4 is 10.6 Å². The van der Waals surface area contributed by atoms with Gasteiger partial charge in [-0.3, -0.25) is 4.90 Å². The Kier molecular flexibility index (Phi) is 5.19. The van der Waals surface area contributed by atoms with Crippen LogP contribution in [0, 0.1) is 0 Å². The van der Waals surface area contributed by atoms with Gasteiger partial charge in [-0.05, 0) is 25.8 Å². The van der Waals surface area contributed by atoms with E-state index in [0.29, 0.717) is 6.04 Å². The predicted octanol–water partition coefficient (Wildman–Crippen LogP) is -0.252. The Bertz CT molecular complexity index is 364. The number of nitrogens with one attached hydrogen (secondary N) is 2. The zero-order chi connectivity index (χ0) is 14.5. The molecular formula is C13H23N3O4. The highest BCUT2D eigenvalue weighted by Crippen LogP contribution is 2.26. The molecule has 7 heteroatoms. The lowest BCUT2D eigenvalue weighted by Crippen LogP contribution is -2.53. The van der Waals surface area contributed by atoms with E-state index in [2.05, 4.69) is 15.5 Å². The lowest BCUT2D eigenvalue weighted by Gasteiger charge is -2.32. The van der Waals surface area contributed by atoms with Gasteiger partial charge in [-0.1, -0.05) is 6.42 Å². The average Bonchev–Trinajstić information content (AvgIpc) is 2.81. The van der Waals surface area contributed by atoms with E-state index < -0.39 is 18.0 Å². The fourth-order valence-electron chi connectivity index (χ4n) is 3.17. The minimum absolute atomic E-state index is 0.0168. The molecule has 4 N–H and O–H groups in total. The summed E-state index contributed by atoms with van der Waals surface area (Å²) >= 11 is 0. The van der Waals surface area contributed by atoms with E-state index in [1.807, 2.05) is 0 Å². The summed E-state index contributed by atoms with van der Waals surface area (Å²) in [5.41, 5.74) is 0. The van der Waals surface area contributed by atoms with E-state index in [1.54, 1.807) is 0 Å². The Hall–Kier alpha value is -1.34. The number of aliphatic hydroxyl groups excluding tert-OH is 1. The van der Waals surface area contributed by atoms with Crippen molar-refractivity contribution >= 4 is 12.0 Å². The first kappa shape index (κ1) is 15.1. The highest BCUT2D eigenvalue weighted by atomic mass is 16.4. The Labute approximate surface area is 118 Å². The molecule has 0 aliphatic carbocycles. The van der Waals surface area contributed by atoms with Crippen LogP contribution in [0.25, 0.3) is 0 Å². The lowest BCUT2D eigenvalue weighted by atomic mass is 9.99. The van der Waals surface area contributed by atoms with E-state index in [9.17, 15) is 9.59 Å². The molecule has 2 aliphatic rings. The highest BCUT2D eigenvalue weighted by Gasteiger charge is 2.36. The van der Waals surface area contributed by atoms with E-state index in [0.717, 1.165) is 25.9 Å². The summed E-state index contributed by atoms with van der Waals surface area (Å²) < 4.78 is 0. The number of carboxylic acids is 1. The summed E-state index contributed by atoms with van der Waals surface area (Å²) in [4.78, 5) is 25.2. The number of fused-ring (bicyclic) bond motifs is 1. The lowest BCUT2D eigenvalue weighted by molar-refractivity contribution is -0.139. The largest absolute Gasteiger partial charge is 0.480 e.